The van der Waals surface area contributed by atoms with Crippen LogP contribution in [0.4, 0.5) is 0 Å². The molecule has 7 heteroatoms. The molecule has 0 spiro atoms. The van der Waals surface area contributed by atoms with Gasteiger partial charge in [0, 0.05) is 25.8 Å². The molecule has 1 aromatic rings. The summed E-state index contributed by atoms with van der Waals surface area (Å²) >= 11 is 0. The highest BCUT2D eigenvalue weighted by Gasteiger charge is 2.20. The van der Waals surface area contributed by atoms with Gasteiger partial charge in [0.05, 0.1) is 14.2 Å². The standard InChI is InChI=1S/C21H30N4O3/c1-24-11-8-18(9-12-24)25(2)15-17(14-22)21(26)23-10-7-16-5-6-19(27-3)20(13-16)28-4/h5-6,13,15,18H,7-12H2,1-4H3,(H,23,26)/b17-15-. The van der Waals surface area contributed by atoms with Crippen LogP contribution in [0.3, 0.4) is 0 Å². The fourth-order valence-corrected chi connectivity index (χ4v) is 3.30. The minimum absolute atomic E-state index is 0.133. The Bertz CT molecular complexity index is 734. The van der Waals surface area contributed by atoms with E-state index in [2.05, 4.69) is 17.3 Å². The number of nitrogens with zero attached hydrogens (tertiary/aromatic N) is 3. The Hall–Kier alpha value is -2.72. The SMILES string of the molecule is COc1ccc(CCNC(=O)/C(C#N)=C\N(C)C2CCN(C)CC2)cc1OC. The Morgan fingerprint density at radius 2 is 2.00 bits per heavy atom. The zero-order valence-electron chi connectivity index (χ0n) is 17.2. The van der Waals surface area contributed by atoms with E-state index in [-0.39, 0.29) is 11.5 Å². The summed E-state index contributed by atoms with van der Waals surface area (Å²) in [6.07, 6.45) is 4.36. The topological polar surface area (TPSA) is 77.8 Å². The molecule has 0 bridgehead atoms. The number of likely N-dealkylation sites (tertiary alicyclic amines) is 1. The van der Waals surface area contributed by atoms with E-state index in [1.165, 1.54) is 0 Å². The number of rotatable bonds is 8. The number of amides is 1. The first-order valence-electron chi connectivity index (χ1n) is 9.50. The monoisotopic (exact) mass is 386 g/mol. The lowest BCUT2D eigenvalue weighted by Crippen LogP contribution is -2.40. The Kier molecular flexibility index (Phi) is 8.15. The van der Waals surface area contributed by atoms with E-state index in [0.717, 1.165) is 31.5 Å². The van der Waals surface area contributed by atoms with Gasteiger partial charge in [-0.15, -0.1) is 0 Å². The van der Waals surface area contributed by atoms with Crippen molar-refractivity contribution in [2.24, 2.45) is 0 Å². The lowest BCUT2D eigenvalue weighted by atomic mass is 10.0. The van der Waals surface area contributed by atoms with Crippen molar-refractivity contribution < 1.29 is 14.3 Å². The van der Waals surface area contributed by atoms with Gasteiger partial charge in [-0.25, -0.2) is 0 Å². The highest BCUT2D eigenvalue weighted by molar-refractivity contribution is 5.97. The summed E-state index contributed by atoms with van der Waals surface area (Å²) in [6, 6.07) is 8.05. The van der Waals surface area contributed by atoms with Crippen LogP contribution in [0.2, 0.25) is 0 Å². The molecular weight excluding hydrogens is 356 g/mol. The van der Waals surface area contributed by atoms with Gasteiger partial charge < -0.3 is 24.6 Å². The van der Waals surface area contributed by atoms with Crippen molar-refractivity contribution in [2.75, 3.05) is 47.9 Å². The van der Waals surface area contributed by atoms with Crippen molar-refractivity contribution in [3.05, 3.63) is 35.5 Å². The van der Waals surface area contributed by atoms with Crippen molar-refractivity contribution in [2.45, 2.75) is 25.3 Å². The van der Waals surface area contributed by atoms with E-state index in [4.69, 9.17) is 9.47 Å². The van der Waals surface area contributed by atoms with Gasteiger partial charge in [0.25, 0.3) is 5.91 Å². The number of piperidine rings is 1. The summed E-state index contributed by atoms with van der Waals surface area (Å²) < 4.78 is 10.5. The van der Waals surface area contributed by atoms with Crippen LogP contribution in [0.15, 0.2) is 30.0 Å². The van der Waals surface area contributed by atoms with Crippen LogP contribution in [0.5, 0.6) is 11.5 Å². The van der Waals surface area contributed by atoms with Crippen LogP contribution in [-0.4, -0.2) is 69.7 Å². The summed E-state index contributed by atoms with van der Waals surface area (Å²) in [5.74, 6) is 0.980. The van der Waals surface area contributed by atoms with Gasteiger partial charge >= 0.3 is 0 Å². The number of nitriles is 1. The van der Waals surface area contributed by atoms with Crippen LogP contribution >= 0.6 is 0 Å². The largest absolute Gasteiger partial charge is 0.493 e. The first kappa shape index (κ1) is 21.6. The number of nitrogens with one attached hydrogen (secondary N) is 1. The number of hydrogen-bond acceptors (Lipinski definition) is 6. The molecule has 1 aliphatic heterocycles. The number of methoxy groups -OCH3 is 2. The first-order valence-corrected chi connectivity index (χ1v) is 9.50. The fourth-order valence-electron chi connectivity index (χ4n) is 3.30. The maximum absolute atomic E-state index is 12.4. The third-order valence-electron chi connectivity index (χ3n) is 5.11. The summed E-state index contributed by atoms with van der Waals surface area (Å²) in [5, 5.41) is 12.2. The first-order chi connectivity index (χ1) is 13.5. The molecule has 152 valence electrons. The minimum atomic E-state index is -0.345. The molecule has 0 aliphatic carbocycles. The average molecular weight is 386 g/mol. The Morgan fingerprint density at radius 3 is 2.61 bits per heavy atom. The van der Waals surface area contributed by atoms with Crippen molar-refractivity contribution in [1.29, 1.82) is 5.26 Å². The lowest BCUT2D eigenvalue weighted by molar-refractivity contribution is -0.117. The van der Waals surface area contributed by atoms with Crippen molar-refractivity contribution in [3.63, 3.8) is 0 Å². The van der Waals surface area contributed by atoms with Gasteiger partial charge in [0.2, 0.25) is 0 Å². The molecule has 1 aliphatic rings. The molecule has 1 heterocycles. The molecule has 1 fully saturated rings. The zero-order valence-corrected chi connectivity index (χ0v) is 17.2. The van der Waals surface area contributed by atoms with E-state index >= 15 is 0 Å². The van der Waals surface area contributed by atoms with Gasteiger partial charge in [-0.2, -0.15) is 5.26 Å². The van der Waals surface area contributed by atoms with Crippen LogP contribution < -0.4 is 14.8 Å². The predicted octanol–water partition coefficient (Wildman–Crippen LogP) is 1.80. The number of carbonyl (C=O) groups excluding carboxylic acids is 1. The maximum Gasteiger partial charge on any atom is 0.263 e. The van der Waals surface area contributed by atoms with Crippen LogP contribution in [0.25, 0.3) is 0 Å². The molecule has 1 N–H and O–H groups in total. The third kappa shape index (κ3) is 5.89. The minimum Gasteiger partial charge on any atom is -0.493 e. The second-order valence-electron chi connectivity index (χ2n) is 7.05. The summed E-state index contributed by atoms with van der Waals surface area (Å²) in [6.45, 7) is 2.50. The highest BCUT2D eigenvalue weighted by atomic mass is 16.5. The molecule has 0 saturated carbocycles. The second kappa shape index (κ2) is 10.6. The number of hydrogen-bond donors (Lipinski definition) is 1. The third-order valence-corrected chi connectivity index (χ3v) is 5.11. The van der Waals surface area contributed by atoms with Crippen LogP contribution in [0.1, 0.15) is 18.4 Å². The van der Waals surface area contributed by atoms with Crippen LogP contribution in [-0.2, 0) is 11.2 Å². The Balaban J connectivity index is 1.89. The van der Waals surface area contributed by atoms with Gasteiger partial charge in [-0.3, -0.25) is 4.79 Å². The summed E-state index contributed by atoms with van der Waals surface area (Å²) in [4.78, 5) is 16.7. The molecule has 1 amide bonds. The predicted molar refractivity (Wildman–Crippen MR) is 108 cm³/mol. The molecule has 0 unspecified atom stereocenters. The molecule has 0 atom stereocenters. The van der Waals surface area contributed by atoms with E-state index in [1.54, 1.807) is 20.4 Å². The number of carbonyl (C=O) groups is 1. The molecule has 1 saturated heterocycles. The Labute approximate surface area is 167 Å². The second-order valence-corrected chi connectivity index (χ2v) is 7.05. The quantitative estimate of drug-likeness (QED) is 0.542. The van der Waals surface area contributed by atoms with E-state index < -0.39 is 0 Å². The van der Waals surface area contributed by atoms with E-state index in [1.807, 2.05) is 36.2 Å². The Morgan fingerprint density at radius 1 is 1.32 bits per heavy atom. The van der Waals surface area contributed by atoms with Gasteiger partial charge in [-0.1, -0.05) is 6.07 Å². The van der Waals surface area contributed by atoms with Gasteiger partial charge in [0.1, 0.15) is 11.6 Å². The highest BCUT2D eigenvalue weighted by Crippen LogP contribution is 2.27. The van der Waals surface area contributed by atoms with Crippen molar-refractivity contribution in [1.82, 2.24) is 15.1 Å². The molecule has 2 rings (SSSR count). The average Bonchev–Trinajstić information content (AvgIpc) is 2.71. The number of ether oxygens (including phenoxy) is 2. The molecule has 7 nitrogen and oxygen atoms in total. The summed E-state index contributed by atoms with van der Waals surface area (Å²) in [7, 11) is 7.23. The normalized spacial score (nSPS) is 15.6. The molecule has 0 radical (unpaired) electrons. The van der Waals surface area contributed by atoms with Crippen LogP contribution in [0, 0.1) is 11.3 Å². The van der Waals surface area contributed by atoms with Crippen molar-refractivity contribution in [3.8, 4) is 17.6 Å². The summed E-state index contributed by atoms with van der Waals surface area (Å²) in [5.41, 5.74) is 1.15. The van der Waals surface area contributed by atoms with Crippen molar-refractivity contribution >= 4 is 5.91 Å². The van der Waals surface area contributed by atoms with E-state index in [0.29, 0.717) is 30.5 Å². The molecule has 0 aromatic heterocycles. The van der Waals surface area contributed by atoms with E-state index in [9.17, 15) is 10.1 Å². The maximum atomic E-state index is 12.4. The lowest BCUT2D eigenvalue weighted by Gasteiger charge is -2.34. The smallest absolute Gasteiger partial charge is 0.263 e. The molecule has 28 heavy (non-hydrogen) atoms. The molecule has 1 aromatic carbocycles. The zero-order chi connectivity index (χ0) is 20.5. The fraction of sp³-hybridized carbons (Fsp3) is 0.524. The van der Waals surface area contributed by atoms with Gasteiger partial charge in [0.15, 0.2) is 11.5 Å². The molecular formula is C21H30N4O3. The number of benzene rings is 1. The van der Waals surface area contributed by atoms with Gasteiger partial charge in [-0.05, 0) is 57.1 Å².